The van der Waals surface area contributed by atoms with Gasteiger partial charge in [0, 0.05) is 29.9 Å². The van der Waals surface area contributed by atoms with Crippen LogP contribution in [0.15, 0.2) is 60.9 Å². The third-order valence-electron chi connectivity index (χ3n) is 6.96. The lowest BCUT2D eigenvalue weighted by Gasteiger charge is -2.12. The van der Waals surface area contributed by atoms with Gasteiger partial charge in [-0.05, 0) is 60.7 Å². The Morgan fingerprint density at radius 2 is 1.25 bits per heavy atom. The van der Waals surface area contributed by atoms with E-state index < -0.39 is 0 Å². The molecule has 6 nitrogen and oxygen atoms in total. The third kappa shape index (κ3) is 10.6. The number of carbonyl (C=O) groups is 2. The summed E-state index contributed by atoms with van der Waals surface area (Å²) >= 11 is 0. The van der Waals surface area contributed by atoms with E-state index in [1.807, 2.05) is 31.2 Å². The average molecular weight is 545 g/mol. The highest BCUT2D eigenvalue weighted by Gasteiger charge is 2.15. The van der Waals surface area contributed by atoms with Gasteiger partial charge in [-0.3, -0.25) is 9.59 Å². The normalized spacial score (nSPS) is 11.8. The summed E-state index contributed by atoms with van der Waals surface area (Å²) in [6.07, 6.45) is 13.8. The van der Waals surface area contributed by atoms with Crippen LogP contribution >= 0.6 is 0 Å². The average Bonchev–Trinajstić information content (AvgIpc) is 2.95. The van der Waals surface area contributed by atoms with E-state index in [9.17, 15) is 9.59 Å². The molecule has 0 bridgehead atoms. The molecule has 3 aromatic rings. The number of carbonyl (C=O) groups excluding carboxylic acids is 2. The molecule has 3 rings (SSSR count). The van der Waals surface area contributed by atoms with Crippen LogP contribution in [-0.4, -0.2) is 21.9 Å². The van der Waals surface area contributed by atoms with Crippen molar-refractivity contribution < 1.29 is 19.1 Å². The van der Waals surface area contributed by atoms with Crippen LogP contribution in [0, 0.1) is 11.8 Å². The molecule has 1 atom stereocenters. The molecule has 0 saturated carbocycles. The van der Waals surface area contributed by atoms with Gasteiger partial charge in [0.05, 0.1) is 5.92 Å². The van der Waals surface area contributed by atoms with E-state index in [0.717, 1.165) is 48.8 Å². The second kappa shape index (κ2) is 16.5. The van der Waals surface area contributed by atoms with E-state index in [-0.39, 0.29) is 17.9 Å². The minimum absolute atomic E-state index is 0.125. The SMILES string of the molecule is CCCCCCCCC(=O)Oc1ccc(-c2cnc(-c3ccc(OC(=O)C(C)CCCC(C)C)cc3)nc2)cc1. The van der Waals surface area contributed by atoms with E-state index in [0.29, 0.717) is 29.7 Å². The lowest BCUT2D eigenvalue weighted by atomic mass is 10.00. The van der Waals surface area contributed by atoms with Crippen molar-refractivity contribution in [3.63, 3.8) is 0 Å². The predicted molar refractivity (Wildman–Crippen MR) is 160 cm³/mol. The van der Waals surface area contributed by atoms with Gasteiger partial charge in [0.15, 0.2) is 5.82 Å². The first-order valence-electron chi connectivity index (χ1n) is 14.8. The Hall–Kier alpha value is -3.54. The number of aromatic nitrogens is 2. The Balaban J connectivity index is 1.48. The second-order valence-electron chi connectivity index (χ2n) is 11.0. The van der Waals surface area contributed by atoms with Gasteiger partial charge in [-0.1, -0.05) is 84.8 Å². The van der Waals surface area contributed by atoms with Crippen LogP contribution in [0.1, 0.15) is 91.9 Å². The fraction of sp³-hybridized carbons (Fsp3) is 0.471. The second-order valence-corrected chi connectivity index (χ2v) is 11.0. The highest BCUT2D eigenvalue weighted by molar-refractivity contribution is 5.75. The largest absolute Gasteiger partial charge is 0.427 e. The van der Waals surface area contributed by atoms with Crippen molar-refractivity contribution in [2.24, 2.45) is 11.8 Å². The molecule has 1 unspecified atom stereocenters. The molecule has 6 heteroatoms. The molecule has 0 aliphatic heterocycles. The summed E-state index contributed by atoms with van der Waals surface area (Å²) in [5, 5.41) is 0. The smallest absolute Gasteiger partial charge is 0.314 e. The molecular weight excluding hydrogens is 500 g/mol. The summed E-state index contributed by atoms with van der Waals surface area (Å²) in [6.45, 7) is 8.50. The monoisotopic (exact) mass is 544 g/mol. The summed E-state index contributed by atoms with van der Waals surface area (Å²) in [5.74, 6) is 1.79. The number of rotatable bonds is 16. The van der Waals surface area contributed by atoms with E-state index in [4.69, 9.17) is 9.47 Å². The maximum absolute atomic E-state index is 12.4. The summed E-state index contributed by atoms with van der Waals surface area (Å²) in [4.78, 5) is 33.6. The number of unbranched alkanes of at least 4 members (excludes halogenated alkanes) is 5. The van der Waals surface area contributed by atoms with Crippen molar-refractivity contribution in [3.05, 3.63) is 60.9 Å². The van der Waals surface area contributed by atoms with Crippen LogP contribution in [0.4, 0.5) is 0 Å². The molecule has 0 radical (unpaired) electrons. The summed E-state index contributed by atoms with van der Waals surface area (Å²) in [7, 11) is 0. The first-order valence-corrected chi connectivity index (χ1v) is 14.8. The molecule has 0 aliphatic rings. The zero-order valence-electron chi connectivity index (χ0n) is 24.5. The molecule has 0 saturated heterocycles. The van der Waals surface area contributed by atoms with Gasteiger partial charge in [0.2, 0.25) is 0 Å². The molecule has 0 fully saturated rings. The number of esters is 2. The quantitative estimate of drug-likeness (QED) is 0.102. The number of hydrogen-bond acceptors (Lipinski definition) is 6. The molecule has 1 aromatic heterocycles. The molecule has 40 heavy (non-hydrogen) atoms. The topological polar surface area (TPSA) is 78.4 Å². The Kier molecular flexibility index (Phi) is 12.8. The highest BCUT2D eigenvalue weighted by Crippen LogP contribution is 2.25. The van der Waals surface area contributed by atoms with Crippen LogP contribution < -0.4 is 9.47 Å². The Bertz CT molecular complexity index is 1170. The highest BCUT2D eigenvalue weighted by atomic mass is 16.5. The van der Waals surface area contributed by atoms with Gasteiger partial charge in [-0.15, -0.1) is 0 Å². The number of ether oxygens (including phenoxy) is 2. The van der Waals surface area contributed by atoms with Crippen molar-refractivity contribution in [2.45, 2.75) is 91.9 Å². The van der Waals surface area contributed by atoms with Crippen molar-refractivity contribution in [1.82, 2.24) is 9.97 Å². The molecule has 0 amide bonds. The van der Waals surface area contributed by atoms with Crippen LogP contribution in [0.25, 0.3) is 22.5 Å². The van der Waals surface area contributed by atoms with Gasteiger partial charge < -0.3 is 9.47 Å². The Morgan fingerprint density at radius 1 is 0.675 bits per heavy atom. The minimum Gasteiger partial charge on any atom is -0.427 e. The summed E-state index contributed by atoms with van der Waals surface area (Å²) in [5.41, 5.74) is 2.64. The summed E-state index contributed by atoms with van der Waals surface area (Å²) in [6, 6.07) is 14.7. The standard InChI is InChI=1S/C34H44N2O4/c1-5-6-7-8-9-10-14-32(37)39-30-19-15-27(16-20-30)29-23-35-33(36-24-29)28-17-21-31(22-18-28)40-34(38)26(4)13-11-12-25(2)3/h15-26H,5-14H2,1-4H3. The summed E-state index contributed by atoms with van der Waals surface area (Å²) < 4.78 is 11.0. The number of nitrogens with zero attached hydrogens (tertiary/aromatic N) is 2. The van der Waals surface area contributed by atoms with Crippen LogP contribution in [0.3, 0.4) is 0 Å². The molecule has 2 aromatic carbocycles. The molecule has 1 heterocycles. The predicted octanol–water partition coefficient (Wildman–Crippen LogP) is 8.83. The van der Waals surface area contributed by atoms with Crippen molar-refractivity contribution >= 4 is 11.9 Å². The first-order chi connectivity index (χ1) is 19.4. The van der Waals surface area contributed by atoms with Gasteiger partial charge in [-0.2, -0.15) is 0 Å². The van der Waals surface area contributed by atoms with Crippen LogP contribution in [0.5, 0.6) is 11.5 Å². The fourth-order valence-corrected chi connectivity index (χ4v) is 4.41. The van der Waals surface area contributed by atoms with Gasteiger partial charge in [0.25, 0.3) is 0 Å². The van der Waals surface area contributed by atoms with Gasteiger partial charge in [0.1, 0.15) is 11.5 Å². The third-order valence-corrected chi connectivity index (χ3v) is 6.96. The van der Waals surface area contributed by atoms with E-state index in [2.05, 4.69) is 30.7 Å². The van der Waals surface area contributed by atoms with Gasteiger partial charge >= 0.3 is 11.9 Å². The Labute approximate surface area is 239 Å². The Morgan fingerprint density at radius 3 is 1.88 bits per heavy atom. The van der Waals surface area contributed by atoms with E-state index in [1.165, 1.54) is 25.7 Å². The van der Waals surface area contributed by atoms with Crippen LogP contribution in [-0.2, 0) is 9.59 Å². The van der Waals surface area contributed by atoms with E-state index >= 15 is 0 Å². The molecule has 214 valence electrons. The van der Waals surface area contributed by atoms with Crippen LogP contribution in [0.2, 0.25) is 0 Å². The zero-order chi connectivity index (χ0) is 28.7. The number of benzene rings is 2. The molecule has 0 aliphatic carbocycles. The van der Waals surface area contributed by atoms with Crippen molar-refractivity contribution in [3.8, 4) is 34.0 Å². The fourth-order valence-electron chi connectivity index (χ4n) is 4.41. The van der Waals surface area contributed by atoms with Crippen molar-refractivity contribution in [2.75, 3.05) is 0 Å². The maximum Gasteiger partial charge on any atom is 0.314 e. The van der Waals surface area contributed by atoms with Gasteiger partial charge in [-0.25, -0.2) is 9.97 Å². The minimum atomic E-state index is -0.198. The maximum atomic E-state index is 12.4. The zero-order valence-corrected chi connectivity index (χ0v) is 24.5. The first kappa shape index (κ1) is 31.0. The lowest BCUT2D eigenvalue weighted by molar-refractivity contribution is -0.138. The van der Waals surface area contributed by atoms with Crippen molar-refractivity contribution in [1.29, 1.82) is 0 Å². The van der Waals surface area contributed by atoms with E-state index in [1.54, 1.807) is 36.7 Å². The number of hydrogen-bond donors (Lipinski definition) is 0. The lowest BCUT2D eigenvalue weighted by Crippen LogP contribution is -2.17. The molecular formula is C34H44N2O4. The molecule has 0 N–H and O–H groups in total. The molecule has 0 spiro atoms.